The van der Waals surface area contributed by atoms with Gasteiger partial charge in [-0.25, -0.2) is 0 Å². The van der Waals surface area contributed by atoms with Gasteiger partial charge in [0.25, 0.3) is 0 Å². The molecule has 11 rings (SSSR count). The zero-order valence-electron chi connectivity index (χ0n) is 27.0. The smallest absolute Gasteiger partial charge is 0.145 e. The average molecular weight is 656 g/mol. The Kier molecular flexibility index (Phi) is 5.89. The minimum atomic E-state index is -0.193. The van der Waals surface area contributed by atoms with Crippen LogP contribution in [0.3, 0.4) is 0 Å². The van der Waals surface area contributed by atoms with Gasteiger partial charge in [-0.1, -0.05) is 152 Å². The number of nitrogens with one attached hydrogen (secondary N) is 1. The molecular formula is C46H29N3S. The first-order valence-corrected chi connectivity index (χ1v) is 17.9. The van der Waals surface area contributed by atoms with Gasteiger partial charge in [-0.15, -0.1) is 11.3 Å². The van der Waals surface area contributed by atoms with Crippen molar-refractivity contribution < 1.29 is 0 Å². The second kappa shape index (κ2) is 10.6. The maximum atomic E-state index is 5.48. The van der Waals surface area contributed by atoms with Crippen LogP contribution in [0.5, 0.6) is 0 Å². The fraction of sp³-hybridized carbons (Fsp3) is 0.0217. The highest BCUT2D eigenvalue weighted by Gasteiger charge is 2.28. The number of hydrogen-bond acceptors (Lipinski definition) is 3. The van der Waals surface area contributed by atoms with Gasteiger partial charge in [-0.3, -0.25) is 4.99 Å². The Morgan fingerprint density at radius 1 is 0.480 bits per heavy atom. The van der Waals surface area contributed by atoms with Gasteiger partial charge in [0.15, 0.2) is 0 Å². The number of benzene rings is 8. The maximum Gasteiger partial charge on any atom is 0.145 e. The van der Waals surface area contributed by atoms with E-state index >= 15 is 0 Å². The van der Waals surface area contributed by atoms with Crippen molar-refractivity contribution >= 4 is 97.0 Å². The average Bonchev–Trinajstić information content (AvgIpc) is 3.76. The predicted molar refractivity (Wildman–Crippen MR) is 214 cm³/mol. The van der Waals surface area contributed by atoms with Gasteiger partial charge in [0.2, 0.25) is 0 Å². The minimum absolute atomic E-state index is 0.193. The van der Waals surface area contributed by atoms with Crippen LogP contribution in [0.15, 0.2) is 169 Å². The number of aliphatic imine (C=N–C) groups is 1. The van der Waals surface area contributed by atoms with Crippen LogP contribution in [-0.4, -0.2) is 10.3 Å². The second-order valence-corrected chi connectivity index (χ2v) is 14.1. The summed E-state index contributed by atoms with van der Waals surface area (Å²) in [5.41, 5.74) is 6.62. The molecule has 10 aromatic rings. The normalized spacial score (nSPS) is 15.0. The zero-order valence-corrected chi connectivity index (χ0v) is 27.8. The summed E-state index contributed by atoms with van der Waals surface area (Å²) in [7, 11) is 0. The lowest BCUT2D eigenvalue weighted by molar-refractivity contribution is 0.649. The Bertz CT molecular complexity index is 3060. The first-order valence-electron chi connectivity index (χ1n) is 17.1. The molecule has 0 aliphatic carbocycles. The summed E-state index contributed by atoms with van der Waals surface area (Å²) >= 11 is 1.93. The van der Waals surface area contributed by atoms with Crippen molar-refractivity contribution in [1.29, 1.82) is 0 Å². The zero-order chi connectivity index (χ0) is 32.8. The third-order valence-corrected chi connectivity index (χ3v) is 11.7. The minimum Gasteiger partial charge on any atom is -0.364 e. The molecule has 1 aliphatic heterocycles. The molecule has 0 saturated heterocycles. The molecule has 1 aliphatic rings. The highest BCUT2D eigenvalue weighted by atomic mass is 32.1. The van der Waals surface area contributed by atoms with E-state index in [0.29, 0.717) is 0 Å². The molecule has 0 fully saturated rings. The molecule has 3 heterocycles. The van der Waals surface area contributed by atoms with Crippen LogP contribution in [-0.2, 0) is 0 Å². The Morgan fingerprint density at radius 3 is 1.72 bits per heavy atom. The topological polar surface area (TPSA) is 29.3 Å². The first-order chi connectivity index (χ1) is 24.8. The van der Waals surface area contributed by atoms with E-state index in [9.17, 15) is 0 Å². The predicted octanol–water partition coefficient (Wildman–Crippen LogP) is 12.2. The van der Waals surface area contributed by atoms with E-state index in [1.54, 1.807) is 0 Å². The van der Waals surface area contributed by atoms with Crippen LogP contribution in [0.25, 0.3) is 80.0 Å². The number of aromatic nitrogens is 1. The van der Waals surface area contributed by atoms with Gasteiger partial charge in [0.05, 0.1) is 22.4 Å². The molecular weight excluding hydrogens is 627 g/mol. The summed E-state index contributed by atoms with van der Waals surface area (Å²) in [6.07, 6.45) is 2.00. The van der Waals surface area contributed by atoms with E-state index in [-0.39, 0.29) is 6.17 Å². The van der Waals surface area contributed by atoms with Gasteiger partial charge in [0, 0.05) is 53.5 Å². The summed E-state index contributed by atoms with van der Waals surface area (Å²) in [6.45, 7) is 0. The van der Waals surface area contributed by atoms with Crippen LogP contribution < -0.4 is 5.32 Å². The lowest BCUT2D eigenvalue weighted by Gasteiger charge is -2.25. The molecule has 0 saturated carbocycles. The lowest BCUT2D eigenvalue weighted by atomic mass is 9.94. The van der Waals surface area contributed by atoms with Crippen LogP contribution in [0.2, 0.25) is 0 Å². The molecule has 4 heteroatoms. The third kappa shape index (κ3) is 3.82. The van der Waals surface area contributed by atoms with Gasteiger partial charge >= 0.3 is 0 Å². The second-order valence-electron chi connectivity index (χ2n) is 13.1. The van der Waals surface area contributed by atoms with Crippen molar-refractivity contribution in [3.05, 3.63) is 175 Å². The lowest BCUT2D eigenvalue weighted by Crippen LogP contribution is -2.25. The van der Waals surface area contributed by atoms with E-state index in [4.69, 9.17) is 4.99 Å². The van der Waals surface area contributed by atoms with Crippen LogP contribution in [0.1, 0.15) is 17.3 Å². The first kappa shape index (κ1) is 27.7. The van der Waals surface area contributed by atoms with Crippen molar-refractivity contribution in [2.24, 2.45) is 4.99 Å². The molecule has 8 aromatic carbocycles. The summed E-state index contributed by atoms with van der Waals surface area (Å²) in [5.74, 6) is 0. The van der Waals surface area contributed by atoms with Crippen LogP contribution in [0.4, 0.5) is 0 Å². The molecule has 1 unspecified atom stereocenters. The quantitative estimate of drug-likeness (QED) is 0.189. The highest BCUT2D eigenvalue weighted by Crippen LogP contribution is 2.51. The third-order valence-electron chi connectivity index (χ3n) is 10.4. The number of nitrogens with zero attached hydrogens (tertiary/aromatic N) is 2. The van der Waals surface area contributed by atoms with Crippen LogP contribution in [0, 0.1) is 0 Å². The Hall–Kier alpha value is -6.23. The summed E-state index contributed by atoms with van der Waals surface area (Å²) < 4.78 is 5.15. The summed E-state index contributed by atoms with van der Waals surface area (Å²) in [6, 6.07) is 56.9. The molecule has 0 amide bonds. The Balaban J connectivity index is 1.36. The molecule has 3 nitrogen and oxygen atoms in total. The van der Waals surface area contributed by atoms with Crippen molar-refractivity contribution in [2.75, 3.05) is 0 Å². The summed E-state index contributed by atoms with van der Waals surface area (Å²) in [4.78, 5) is 5.48. The monoisotopic (exact) mass is 655 g/mol. The fourth-order valence-corrected chi connectivity index (χ4v) is 9.69. The Labute approximate surface area is 292 Å². The molecule has 0 spiro atoms. The Morgan fingerprint density at radius 2 is 1.00 bits per heavy atom. The SMILES string of the molecule is C1=C(n2c3ccccc3c3c4ccccc4c4sc5c6ccccc6c6ccccc6c5c4c32)C(c2ccccc2)=NC(c2ccccc2)N1. The van der Waals surface area contributed by atoms with Crippen molar-refractivity contribution in [3.63, 3.8) is 0 Å². The fourth-order valence-electron chi connectivity index (χ4n) is 8.30. The number of thiophene rings is 1. The molecule has 1 atom stereocenters. The van der Waals surface area contributed by atoms with E-state index < -0.39 is 0 Å². The van der Waals surface area contributed by atoms with E-state index in [0.717, 1.165) is 22.5 Å². The van der Waals surface area contributed by atoms with E-state index in [2.05, 4.69) is 174 Å². The maximum absolute atomic E-state index is 5.48. The number of rotatable bonds is 3. The van der Waals surface area contributed by atoms with Gasteiger partial charge < -0.3 is 9.88 Å². The van der Waals surface area contributed by atoms with Gasteiger partial charge in [0.1, 0.15) is 6.17 Å². The van der Waals surface area contributed by atoms with Gasteiger partial charge in [-0.2, -0.15) is 0 Å². The van der Waals surface area contributed by atoms with Gasteiger partial charge in [-0.05, 0) is 33.2 Å². The molecule has 1 N–H and O–H groups in total. The highest BCUT2D eigenvalue weighted by molar-refractivity contribution is 7.28. The van der Waals surface area contributed by atoms with Crippen molar-refractivity contribution in [2.45, 2.75) is 6.17 Å². The van der Waals surface area contributed by atoms with Crippen molar-refractivity contribution in [3.8, 4) is 0 Å². The molecule has 2 aromatic heterocycles. The van der Waals surface area contributed by atoms with Crippen molar-refractivity contribution in [1.82, 2.24) is 9.88 Å². The largest absolute Gasteiger partial charge is 0.364 e. The number of allylic oxidation sites excluding steroid dienone is 1. The number of para-hydroxylation sites is 1. The molecule has 234 valence electrons. The molecule has 50 heavy (non-hydrogen) atoms. The van der Waals surface area contributed by atoms with E-state index in [1.807, 2.05) is 11.3 Å². The molecule has 0 radical (unpaired) electrons. The molecule has 0 bridgehead atoms. The van der Waals surface area contributed by atoms with E-state index in [1.165, 1.54) is 74.3 Å². The number of fused-ring (bicyclic) bond motifs is 15. The number of hydrogen-bond donors (Lipinski definition) is 1. The van der Waals surface area contributed by atoms with Crippen LogP contribution >= 0.6 is 11.3 Å². The summed E-state index contributed by atoms with van der Waals surface area (Å²) in [5, 5.41) is 16.6. The standard InChI is InChI=1S/C46H29N3S/c1-3-15-28(16-4-1)42-38(27-47-46(48-42)29-17-5-2-6-18-29)49-37-26-14-13-25-36(37)39-33-22-10-12-24-35(33)45-41(43(39)49)40-32-21-9-7-19-30(32)31-20-8-11-23-34(31)44(40)50-45/h1-27,46-47H.